The third kappa shape index (κ3) is 4.94. The van der Waals surface area contributed by atoms with E-state index in [-0.39, 0.29) is 34.5 Å². The van der Waals surface area contributed by atoms with E-state index in [2.05, 4.69) is 4.98 Å². The van der Waals surface area contributed by atoms with Crippen LogP contribution in [0.2, 0.25) is 5.02 Å². The number of nitrogens with two attached hydrogens (primary N) is 1. The fraction of sp³-hybridized carbons (Fsp3) is 0.571. The number of rotatable bonds is 5. The van der Waals surface area contributed by atoms with E-state index in [9.17, 15) is 13.2 Å². The fourth-order valence-electron chi connectivity index (χ4n) is 2.24. The van der Waals surface area contributed by atoms with Crippen LogP contribution in [0, 0.1) is 0 Å². The molecule has 0 bridgehead atoms. The summed E-state index contributed by atoms with van der Waals surface area (Å²) in [5.41, 5.74) is 0. The van der Waals surface area contributed by atoms with Gasteiger partial charge in [0.15, 0.2) is 0 Å². The maximum atomic E-state index is 12.4. The van der Waals surface area contributed by atoms with Gasteiger partial charge >= 0.3 is 6.03 Å². The Hall–Kier alpha value is -1.62. The van der Waals surface area contributed by atoms with E-state index >= 15 is 0 Å². The fourth-order valence-corrected chi connectivity index (χ4v) is 3.01. The Labute approximate surface area is 151 Å². The summed E-state index contributed by atoms with van der Waals surface area (Å²) in [7, 11) is -2.17. The van der Waals surface area contributed by atoms with Gasteiger partial charge in [0.05, 0.1) is 25.5 Å². The molecule has 0 radical (unpaired) electrons. The minimum Gasteiger partial charge on any atom is -0.474 e. The number of halogens is 1. The zero-order valence-electron chi connectivity index (χ0n) is 14.0. The molecule has 11 heteroatoms. The van der Waals surface area contributed by atoms with Crippen molar-refractivity contribution in [3.8, 4) is 5.88 Å². The Morgan fingerprint density at radius 1 is 1.60 bits per heavy atom. The number of sulfonamides is 1. The second kappa shape index (κ2) is 8.17. The van der Waals surface area contributed by atoms with Crippen molar-refractivity contribution in [1.29, 1.82) is 0 Å². The van der Waals surface area contributed by atoms with Crippen molar-refractivity contribution < 1.29 is 22.7 Å². The van der Waals surface area contributed by atoms with Crippen LogP contribution >= 0.6 is 11.6 Å². The van der Waals surface area contributed by atoms with Crippen molar-refractivity contribution in [3.05, 3.63) is 17.3 Å². The van der Waals surface area contributed by atoms with Gasteiger partial charge in [0, 0.05) is 20.1 Å². The predicted octanol–water partition coefficient (Wildman–Crippen LogP) is 0.534. The van der Waals surface area contributed by atoms with Gasteiger partial charge in [-0.05, 0) is 13.0 Å². The Morgan fingerprint density at radius 3 is 2.92 bits per heavy atom. The molecule has 1 fully saturated rings. The van der Waals surface area contributed by atoms with E-state index in [1.165, 1.54) is 6.07 Å². The number of pyridine rings is 1. The first-order valence-corrected chi connectivity index (χ1v) is 9.57. The SMILES string of the molecule is CCN(C)C(=O)N1CCOC[C@H]1COc1ncc(S(N)(=O)=O)cc1Cl. The summed E-state index contributed by atoms with van der Waals surface area (Å²) < 4.78 is 33.6. The third-order valence-electron chi connectivity index (χ3n) is 3.80. The number of hydrogen-bond donors (Lipinski definition) is 1. The monoisotopic (exact) mass is 392 g/mol. The Kier molecular flexibility index (Phi) is 6.44. The molecule has 0 saturated carbocycles. The van der Waals surface area contributed by atoms with Gasteiger partial charge in [-0.3, -0.25) is 0 Å². The largest absolute Gasteiger partial charge is 0.474 e. The summed E-state index contributed by atoms with van der Waals surface area (Å²) in [5, 5.41) is 5.05. The molecule has 1 atom stereocenters. The molecule has 2 N–H and O–H groups in total. The molecule has 1 aliphatic rings. The molecular weight excluding hydrogens is 372 g/mol. The molecule has 1 aliphatic heterocycles. The van der Waals surface area contributed by atoms with Crippen LogP contribution in [0.5, 0.6) is 5.88 Å². The molecule has 140 valence electrons. The summed E-state index contributed by atoms with van der Waals surface area (Å²) >= 11 is 6.00. The van der Waals surface area contributed by atoms with E-state index in [1.54, 1.807) is 16.8 Å². The highest BCUT2D eigenvalue weighted by Gasteiger charge is 2.30. The first kappa shape index (κ1) is 19.7. The number of amides is 2. The lowest BCUT2D eigenvalue weighted by atomic mass is 10.2. The van der Waals surface area contributed by atoms with E-state index in [4.69, 9.17) is 26.2 Å². The molecule has 2 amide bonds. The van der Waals surface area contributed by atoms with E-state index < -0.39 is 10.0 Å². The van der Waals surface area contributed by atoms with Gasteiger partial charge in [0.25, 0.3) is 0 Å². The summed E-state index contributed by atoms with van der Waals surface area (Å²) in [6.45, 7) is 3.85. The number of urea groups is 1. The zero-order valence-corrected chi connectivity index (χ0v) is 15.6. The topological polar surface area (TPSA) is 115 Å². The predicted molar refractivity (Wildman–Crippen MR) is 91.1 cm³/mol. The molecule has 1 aromatic rings. The molecule has 2 heterocycles. The number of primary sulfonamides is 1. The van der Waals surface area contributed by atoms with Gasteiger partial charge < -0.3 is 19.3 Å². The van der Waals surface area contributed by atoms with E-state index in [1.807, 2.05) is 6.92 Å². The summed E-state index contributed by atoms with van der Waals surface area (Å²) in [6.07, 6.45) is 1.07. The Balaban J connectivity index is 2.07. The first-order chi connectivity index (χ1) is 11.7. The van der Waals surface area contributed by atoms with Crippen molar-refractivity contribution in [3.63, 3.8) is 0 Å². The summed E-state index contributed by atoms with van der Waals surface area (Å²) in [5.74, 6) is 0.0656. The highest BCUT2D eigenvalue weighted by Crippen LogP contribution is 2.24. The van der Waals surface area contributed by atoms with Gasteiger partial charge in [-0.15, -0.1) is 0 Å². The minimum absolute atomic E-state index is 0.0202. The standard InChI is InChI=1S/C14H21ClN4O5S/c1-3-18(2)14(20)19-4-5-23-8-10(19)9-24-13-12(15)6-11(7-17-13)25(16,21)22/h6-7,10H,3-5,8-9H2,1-2H3,(H2,16,21,22)/t10-/m0/s1. The van der Waals surface area contributed by atoms with Crippen LogP contribution in [0.1, 0.15) is 6.92 Å². The highest BCUT2D eigenvalue weighted by atomic mass is 35.5. The summed E-state index contributed by atoms with van der Waals surface area (Å²) in [6, 6.07) is 0.763. The number of ether oxygens (including phenoxy) is 2. The van der Waals surface area contributed by atoms with Crippen molar-refractivity contribution in [2.45, 2.75) is 17.9 Å². The van der Waals surface area contributed by atoms with Crippen LogP contribution in [-0.2, 0) is 14.8 Å². The van der Waals surface area contributed by atoms with Crippen molar-refractivity contribution >= 4 is 27.7 Å². The van der Waals surface area contributed by atoms with Crippen LogP contribution in [0.15, 0.2) is 17.2 Å². The second-order valence-corrected chi connectivity index (χ2v) is 7.50. The van der Waals surface area contributed by atoms with E-state index in [0.29, 0.717) is 26.3 Å². The molecule has 25 heavy (non-hydrogen) atoms. The molecule has 0 aliphatic carbocycles. The maximum absolute atomic E-state index is 12.4. The number of morpholine rings is 1. The maximum Gasteiger partial charge on any atom is 0.320 e. The normalized spacial score (nSPS) is 18.1. The van der Waals surface area contributed by atoms with Crippen LogP contribution < -0.4 is 9.88 Å². The van der Waals surface area contributed by atoms with Crippen LogP contribution in [0.4, 0.5) is 4.79 Å². The number of aromatic nitrogens is 1. The molecule has 1 saturated heterocycles. The number of carbonyl (C=O) groups is 1. The van der Waals surface area contributed by atoms with Gasteiger partial charge in [-0.25, -0.2) is 23.3 Å². The lowest BCUT2D eigenvalue weighted by molar-refractivity contribution is -0.0101. The molecule has 0 aromatic carbocycles. The smallest absolute Gasteiger partial charge is 0.320 e. The Morgan fingerprint density at radius 2 is 2.32 bits per heavy atom. The van der Waals surface area contributed by atoms with Gasteiger partial charge in [-0.2, -0.15) is 0 Å². The number of carbonyl (C=O) groups excluding carboxylic acids is 1. The van der Waals surface area contributed by atoms with Gasteiger partial charge in [0.2, 0.25) is 15.9 Å². The third-order valence-corrected chi connectivity index (χ3v) is 4.95. The van der Waals surface area contributed by atoms with Crippen LogP contribution in [-0.4, -0.2) is 75.2 Å². The molecular formula is C14H21ClN4O5S. The Bertz CT molecular complexity index is 730. The second-order valence-electron chi connectivity index (χ2n) is 5.53. The number of nitrogens with zero attached hydrogens (tertiary/aromatic N) is 3. The molecule has 9 nitrogen and oxygen atoms in total. The minimum atomic E-state index is -3.89. The molecule has 1 aromatic heterocycles. The molecule has 0 spiro atoms. The average molecular weight is 393 g/mol. The molecule has 2 rings (SSSR count). The first-order valence-electron chi connectivity index (χ1n) is 7.64. The van der Waals surface area contributed by atoms with Gasteiger partial charge in [0.1, 0.15) is 16.5 Å². The lowest BCUT2D eigenvalue weighted by Crippen LogP contribution is -2.54. The number of hydrogen-bond acceptors (Lipinski definition) is 6. The average Bonchev–Trinajstić information content (AvgIpc) is 2.58. The van der Waals surface area contributed by atoms with E-state index in [0.717, 1.165) is 6.20 Å². The highest BCUT2D eigenvalue weighted by molar-refractivity contribution is 7.89. The van der Waals surface area contributed by atoms with Crippen LogP contribution in [0.3, 0.4) is 0 Å². The van der Waals surface area contributed by atoms with Crippen molar-refractivity contribution in [2.24, 2.45) is 5.14 Å². The van der Waals surface area contributed by atoms with Crippen molar-refractivity contribution in [1.82, 2.24) is 14.8 Å². The molecule has 0 unspecified atom stereocenters. The van der Waals surface area contributed by atoms with Gasteiger partial charge in [-0.1, -0.05) is 11.6 Å². The quantitative estimate of drug-likeness (QED) is 0.781. The zero-order chi connectivity index (χ0) is 18.6. The summed E-state index contributed by atoms with van der Waals surface area (Å²) in [4.78, 5) is 19.4. The lowest BCUT2D eigenvalue weighted by Gasteiger charge is -2.37. The van der Waals surface area contributed by atoms with Crippen molar-refractivity contribution in [2.75, 3.05) is 40.0 Å². The van der Waals surface area contributed by atoms with Crippen LogP contribution in [0.25, 0.3) is 0 Å².